The highest BCUT2D eigenvalue weighted by atomic mass is 35.5. The molecule has 0 unspecified atom stereocenters. The normalized spacial score (nSPS) is 21.6. The zero-order valence-electron chi connectivity index (χ0n) is 21.1. The van der Waals surface area contributed by atoms with Crippen molar-refractivity contribution >= 4 is 34.2 Å². The van der Waals surface area contributed by atoms with Crippen LogP contribution in [0.15, 0.2) is 42.7 Å². The number of piperazine rings is 1. The third kappa shape index (κ3) is 5.21. The molecule has 3 atom stereocenters. The van der Waals surface area contributed by atoms with Gasteiger partial charge in [-0.1, -0.05) is 24.1 Å². The van der Waals surface area contributed by atoms with E-state index in [2.05, 4.69) is 15.2 Å². The van der Waals surface area contributed by atoms with Gasteiger partial charge in [-0.2, -0.15) is 13.2 Å². The molecule has 2 N–H and O–H groups in total. The van der Waals surface area contributed by atoms with Crippen LogP contribution in [0.4, 0.5) is 18.9 Å². The van der Waals surface area contributed by atoms with Crippen LogP contribution in [0.2, 0.25) is 5.02 Å². The Morgan fingerprint density at radius 1 is 1.21 bits per heavy atom. The fraction of sp³-hybridized carbons (Fsp3) is 0.481. The van der Waals surface area contributed by atoms with Crippen molar-refractivity contribution in [3.05, 3.63) is 58.9 Å². The first-order chi connectivity index (χ1) is 18.2. The second kappa shape index (κ2) is 10.7. The maximum atomic E-state index is 13.8. The van der Waals surface area contributed by atoms with Gasteiger partial charge >= 0.3 is 6.18 Å². The summed E-state index contributed by atoms with van der Waals surface area (Å²) in [5.74, 6) is 0.0363. The highest BCUT2D eigenvalue weighted by Crippen LogP contribution is 2.38. The predicted octanol–water partition coefficient (Wildman–Crippen LogP) is 4.47. The highest BCUT2D eigenvalue weighted by molar-refractivity contribution is 6.30. The average molecular weight is 550 g/mol. The van der Waals surface area contributed by atoms with Crippen molar-refractivity contribution in [1.82, 2.24) is 19.8 Å². The minimum absolute atomic E-state index is 0.0291. The Balaban J connectivity index is 1.40. The molecular formula is C27H31ClF3N5O2. The molecule has 0 aliphatic carbocycles. The van der Waals surface area contributed by atoms with Gasteiger partial charge in [0.05, 0.1) is 47.7 Å². The number of rotatable bonds is 5. The maximum Gasteiger partial charge on any atom is 0.416 e. The molecule has 0 spiro atoms. The Labute approximate surface area is 224 Å². The molecule has 0 bridgehead atoms. The third-order valence-corrected chi connectivity index (χ3v) is 7.93. The smallest absolute Gasteiger partial charge is 0.394 e. The van der Waals surface area contributed by atoms with E-state index in [4.69, 9.17) is 11.6 Å². The Kier molecular flexibility index (Phi) is 7.57. The SMILES string of the molecule is C[C@H](c1ccc(Cl)cc1C(F)(F)F)n1cnc2ccc(N3CCN(C(=O)[C@H]4CCCCN4)[C@H](CO)C3)cc21. The Bertz CT molecular complexity index is 1310. The van der Waals surface area contributed by atoms with Crippen LogP contribution < -0.4 is 10.2 Å². The summed E-state index contributed by atoms with van der Waals surface area (Å²) in [7, 11) is 0. The number of imidazole rings is 1. The van der Waals surface area contributed by atoms with Crippen molar-refractivity contribution < 1.29 is 23.1 Å². The van der Waals surface area contributed by atoms with Crippen molar-refractivity contribution in [2.24, 2.45) is 0 Å². The Morgan fingerprint density at radius 2 is 2.03 bits per heavy atom. The predicted molar refractivity (Wildman–Crippen MR) is 140 cm³/mol. The quantitative estimate of drug-likeness (QED) is 0.491. The van der Waals surface area contributed by atoms with E-state index >= 15 is 0 Å². The molecular weight excluding hydrogens is 519 g/mol. The summed E-state index contributed by atoms with van der Waals surface area (Å²) >= 11 is 5.88. The number of alkyl halides is 3. The molecule has 2 aliphatic heterocycles. The topological polar surface area (TPSA) is 73.6 Å². The minimum atomic E-state index is -4.54. The van der Waals surface area contributed by atoms with Crippen LogP contribution in [0.3, 0.4) is 0 Å². The molecule has 0 radical (unpaired) electrons. The summed E-state index contributed by atoms with van der Waals surface area (Å²) in [6, 6.07) is 8.31. The van der Waals surface area contributed by atoms with Crippen LogP contribution in [0.1, 0.15) is 43.4 Å². The van der Waals surface area contributed by atoms with Gasteiger partial charge in [-0.25, -0.2) is 4.98 Å². The van der Waals surface area contributed by atoms with Gasteiger partial charge in [-0.3, -0.25) is 4.79 Å². The molecule has 7 nitrogen and oxygen atoms in total. The molecule has 2 aromatic carbocycles. The second-order valence-electron chi connectivity index (χ2n) is 10.0. The minimum Gasteiger partial charge on any atom is -0.394 e. The number of aliphatic hydroxyl groups is 1. The van der Waals surface area contributed by atoms with E-state index < -0.39 is 17.8 Å². The number of halogens is 4. The first-order valence-electron chi connectivity index (χ1n) is 12.9. The van der Waals surface area contributed by atoms with E-state index in [9.17, 15) is 23.1 Å². The Morgan fingerprint density at radius 3 is 2.74 bits per heavy atom. The molecule has 0 saturated carbocycles. The molecule has 204 valence electrons. The average Bonchev–Trinajstić information content (AvgIpc) is 3.35. The standard InChI is InChI=1S/C27H31ClF3N5O2/c1-17(21-7-5-18(28)12-22(21)27(29,30)31)36-16-33-23-8-6-19(13-25(23)36)34-10-11-35(20(14-34)15-37)26(38)24-4-2-3-9-32-24/h5-8,12-13,16-17,20,24,32,37H,2-4,9-11,14-15H2,1H3/t17-,20+,24-/m1/s1. The van der Waals surface area contributed by atoms with Crippen LogP contribution in [0.5, 0.6) is 0 Å². The summed E-state index contributed by atoms with van der Waals surface area (Å²) in [5, 5.41) is 13.4. The number of aliphatic hydroxyl groups excluding tert-OH is 1. The number of nitrogens with zero attached hydrogens (tertiary/aromatic N) is 4. The summed E-state index contributed by atoms with van der Waals surface area (Å²) in [6.45, 7) is 3.91. The number of carbonyl (C=O) groups excluding carboxylic acids is 1. The number of fused-ring (bicyclic) bond motifs is 1. The van der Waals surface area contributed by atoms with E-state index in [1.807, 2.05) is 18.2 Å². The molecule has 2 aliphatic rings. The number of benzene rings is 2. The zero-order valence-corrected chi connectivity index (χ0v) is 21.8. The first kappa shape index (κ1) is 26.8. The van der Waals surface area contributed by atoms with Crippen LogP contribution >= 0.6 is 11.6 Å². The summed E-state index contributed by atoms with van der Waals surface area (Å²) in [5.41, 5.74) is 1.56. The molecule has 1 aromatic heterocycles. The van der Waals surface area contributed by atoms with Gasteiger partial charge in [0.2, 0.25) is 5.91 Å². The summed E-state index contributed by atoms with van der Waals surface area (Å²) in [6.07, 6.45) is -0.106. The molecule has 38 heavy (non-hydrogen) atoms. The van der Waals surface area contributed by atoms with Gasteiger partial charge < -0.3 is 24.8 Å². The first-order valence-corrected chi connectivity index (χ1v) is 13.3. The fourth-order valence-electron chi connectivity index (χ4n) is 5.61. The number of hydrogen-bond acceptors (Lipinski definition) is 5. The number of anilines is 1. The van der Waals surface area contributed by atoms with Crippen LogP contribution in [-0.4, -0.2) is 70.3 Å². The summed E-state index contributed by atoms with van der Waals surface area (Å²) in [4.78, 5) is 21.4. The number of hydrogen-bond donors (Lipinski definition) is 2. The molecule has 5 rings (SSSR count). The Hall–Kier alpha value is -2.82. The lowest BCUT2D eigenvalue weighted by atomic mass is 10.0. The third-order valence-electron chi connectivity index (χ3n) is 7.70. The zero-order chi connectivity index (χ0) is 27.0. The summed E-state index contributed by atoms with van der Waals surface area (Å²) < 4.78 is 43.1. The van der Waals surface area contributed by atoms with Gasteiger partial charge in [0.1, 0.15) is 0 Å². The van der Waals surface area contributed by atoms with E-state index in [1.54, 1.807) is 22.7 Å². The number of amides is 1. The van der Waals surface area contributed by atoms with Gasteiger partial charge in [-0.05, 0) is 62.2 Å². The number of nitrogens with one attached hydrogen (secondary N) is 1. The lowest BCUT2D eigenvalue weighted by molar-refractivity contribution is -0.139. The number of piperidine rings is 1. The van der Waals surface area contributed by atoms with Crippen LogP contribution in [-0.2, 0) is 11.0 Å². The van der Waals surface area contributed by atoms with Gasteiger partial charge in [0, 0.05) is 30.3 Å². The van der Waals surface area contributed by atoms with E-state index in [-0.39, 0.29) is 35.2 Å². The fourth-order valence-corrected chi connectivity index (χ4v) is 5.78. The van der Waals surface area contributed by atoms with Crippen molar-refractivity contribution in [3.63, 3.8) is 0 Å². The lowest BCUT2D eigenvalue weighted by Gasteiger charge is -2.43. The van der Waals surface area contributed by atoms with E-state index in [1.165, 1.54) is 12.1 Å². The molecule has 2 saturated heterocycles. The molecule has 1 amide bonds. The molecule has 3 heterocycles. The van der Waals surface area contributed by atoms with E-state index in [0.29, 0.717) is 30.7 Å². The second-order valence-corrected chi connectivity index (χ2v) is 10.5. The van der Waals surface area contributed by atoms with Crippen LogP contribution in [0, 0.1) is 0 Å². The largest absolute Gasteiger partial charge is 0.416 e. The molecule has 11 heteroatoms. The van der Waals surface area contributed by atoms with Gasteiger partial charge in [0.15, 0.2) is 0 Å². The van der Waals surface area contributed by atoms with Crippen molar-refractivity contribution in [2.75, 3.05) is 37.7 Å². The van der Waals surface area contributed by atoms with Crippen molar-refractivity contribution in [3.8, 4) is 0 Å². The number of aromatic nitrogens is 2. The van der Waals surface area contributed by atoms with Crippen LogP contribution in [0.25, 0.3) is 11.0 Å². The molecule has 2 fully saturated rings. The monoisotopic (exact) mass is 549 g/mol. The van der Waals surface area contributed by atoms with Gasteiger partial charge in [0.25, 0.3) is 0 Å². The van der Waals surface area contributed by atoms with Crippen molar-refractivity contribution in [2.45, 2.75) is 50.5 Å². The van der Waals surface area contributed by atoms with E-state index in [0.717, 1.165) is 37.6 Å². The van der Waals surface area contributed by atoms with Crippen molar-refractivity contribution in [1.29, 1.82) is 0 Å². The number of carbonyl (C=O) groups is 1. The molecule has 3 aromatic rings. The van der Waals surface area contributed by atoms with Gasteiger partial charge in [-0.15, -0.1) is 0 Å². The maximum absolute atomic E-state index is 13.8. The lowest BCUT2D eigenvalue weighted by Crippen LogP contribution is -2.60. The highest BCUT2D eigenvalue weighted by Gasteiger charge is 2.36.